The van der Waals surface area contributed by atoms with E-state index in [0.717, 1.165) is 0 Å². The van der Waals surface area contributed by atoms with Crippen LogP contribution in [0.4, 0.5) is 5.82 Å². The molecular weight excluding hydrogens is 368 g/mol. The summed E-state index contributed by atoms with van der Waals surface area (Å²) in [7, 11) is 0. The predicted octanol–water partition coefficient (Wildman–Crippen LogP) is 2.98. The van der Waals surface area contributed by atoms with Gasteiger partial charge in [0.15, 0.2) is 0 Å². The van der Waals surface area contributed by atoms with Gasteiger partial charge in [-0.25, -0.2) is 4.98 Å². The smallest absolute Gasteiger partial charge is 0.267 e. The quantitative estimate of drug-likeness (QED) is 0.627. The standard InChI is InChI=1S/C18H20N4O2S2/c1-4-19-15-12(16(23)21-8-6-5-7-14(21)20-15)9-13-17(24)22(10-11(2)3)18(25)26-13/h5-9,11,19H,4,10H2,1-3H3/b13-9+. The average molecular weight is 389 g/mol. The fourth-order valence-electron chi connectivity index (χ4n) is 2.69. The second-order valence-corrected chi connectivity index (χ2v) is 8.00. The third kappa shape index (κ3) is 3.52. The molecule has 6 nitrogen and oxygen atoms in total. The molecule has 1 amide bonds. The molecule has 3 rings (SSSR count). The van der Waals surface area contributed by atoms with Crippen molar-refractivity contribution >= 4 is 51.7 Å². The summed E-state index contributed by atoms with van der Waals surface area (Å²) in [6.07, 6.45) is 3.27. The van der Waals surface area contributed by atoms with E-state index in [4.69, 9.17) is 12.2 Å². The van der Waals surface area contributed by atoms with Gasteiger partial charge in [-0.15, -0.1) is 0 Å². The molecule has 0 radical (unpaired) electrons. The van der Waals surface area contributed by atoms with Crippen LogP contribution < -0.4 is 10.9 Å². The van der Waals surface area contributed by atoms with E-state index in [2.05, 4.69) is 10.3 Å². The fraction of sp³-hybridized carbons (Fsp3) is 0.333. The van der Waals surface area contributed by atoms with Crippen molar-refractivity contribution < 1.29 is 4.79 Å². The molecule has 0 aromatic carbocycles. The fourth-order valence-corrected chi connectivity index (χ4v) is 3.95. The first-order chi connectivity index (χ1) is 12.4. The minimum Gasteiger partial charge on any atom is -0.370 e. The highest BCUT2D eigenvalue weighted by molar-refractivity contribution is 8.26. The van der Waals surface area contributed by atoms with Gasteiger partial charge in [0.05, 0.1) is 10.5 Å². The largest absolute Gasteiger partial charge is 0.370 e. The summed E-state index contributed by atoms with van der Waals surface area (Å²) < 4.78 is 2.00. The van der Waals surface area contributed by atoms with Crippen LogP contribution in [0.25, 0.3) is 11.7 Å². The number of aromatic nitrogens is 2. The van der Waals surface area contributed by atoms with Crippen LogP contribution in [-0.4, -0.2) is 37.6 Å². The van der Waals surface area contributed by atoms with Crippen LogP contribution in [0.1, 0.15) is 26.3 Å². The Hall–Kier alpha value is -2.19. The molecule has 136 valence electrons. The van der Waals surface area contributed by atoms with Crippen LogP contribution in [0, 0.1) is 5.92 Å². The molecule has 1 aliphatic rings. The van der Waals surface area contributed by atoms with E-state index >= 15 is 0 Å². The molecule has 0 spiro atoms. The van der Waals surface area contributed by atoms with E-state index in [0.29, 0.717) is 45.3 Å². The second-order valence-electron chi connectivity index (χ2n) is 6.32. The number of hydrogen-bond donors (Lipinski definition) is 1. The predicted molar refractivity (Wildman–Crippen MR) is 110 cm³/mol. The van der Waals surface area contributed by atoms with E-state index in [9.17, 15) is 9.59 Å². The molecule has 0 aliphatic carbocycles. The van der Waals surface area contributed by atoms with Crippen molar-refractivity contribution in [2.24, 2.45) is 5.92 Å². The number of hydrogen-bond acceptors (Lipinski definition) is 6. The molecule has 1 N–H and O–H groups in total. The van der Waals surface area contributed by atoms with E-state index in [1.807, 2.05) is 26.8 Å². The summed E-state index contributed by atoms with van der Waals surface area (Å²) in [5.74, 6) is 0.619. The lowest BCUT2D eigenvalue weighted by Gasteiger charge is -2.16. The molecule has 1 aliphatic heterocycles. The number of carbonyl (C=O) groups is 1. The summed E-state index contributed by atoms with van der Waals surface area (Å²) in [6.45, 7) is 7.18. The van der Waals surface area contributed by atoms with Gasteiger partial charge in [0.2, 0.25) is 0 Å². The van der Waals surface area contributed by atoms with E-state index < -0.39 is 0 Å². The number of fused-ring (bicyclic) bond motifs is 1. The molecule has 1 fully saturated rings. The van der Waals surface area contributed by atoms with Crippen molar-refractivity contribution in [1.82, 2.24) is 14.3 Å². The normalized spacial score (nSPS) is 16.3. The third-order valence-corrected chi connectivity index (χ3v) is 5.19. The maximum absolute atomic E-state index is 12.9. The molecule has 1 saturated heterocycles. The van der Waals surface area contributed by atoms with E-state index in [1.165, 1.54) is 16.2 Å². The highest BCUT2D eigenvalue weighted by Gasteiger charge is 2.32. The zero-order valence-electron chi connectivity index (χ0n) is 14.9. The molecule has 8 heteroatoms. The molecule has 0 unspecified atom stereocenters. The number of carbonyl (C=O) groups excluding carboxylic acids is 1. The monoisotopic (exact) mass is 388 g/mol. The average Bonchev–Trinajstić information content (AvgIpc) is 2.85. The molecule has 2 aromatic rings. The van der Waals surface area contributed by atoms with Gasteiger partial charge in [-0.1, -0.05) is 43.9 Å². The first-order valence-electron chi connectivity index (χ1n) is 8.43. The lowest BCUT2D eigenvalue weighted by molar-refractivity contribution is -0.122. The molecule has 0 atom stereocenters. The number of thioether (sulfide) groups is 1. The zero-order chi connectivity index (χ0) is 18.8. The molecule has 0 saturated carbocycles. The first kappa shape index (κ1) is 18.6. The third-order valence-electron chi connectivity index (χ3n) is 3.81. The van der Waals surface area contributed by atoms with Crippen molar-refractivity contribution in [2.75, 3.05) is 18.4 Å². The van der Waals surface area contributed by atoms with Gasteiger partial charge in [-0.2, -0.15) is 0 Å². The second kappa shape index (κ2) is 7.59. The SMILES string of the molecule is CCNc1nc2ccccn2c(=O)c1/C=C1/SC(=S)N(CC(C)C)C1=O. The van der Waals surface area contributed by atoms with Gasteiger partial charge in [-0.05, 0) is 31.1 Å². The van der Waals surface area contributed by atoms with Gasteiger partial charge in [0, 0.05) is 19.3 Å². The Morgan fingerprint density at radius 2 is 2.12 bits per heavy atom. The van der Waals surface area contributed by atoms with E-state index in [-0.39, 0.29) is 11.5 Å². The zero-order valence-corrected chi connectivity index (χ0v) is 16.5. The van der Waals surface area contributed by atoms with Gasteiger partial charge in [-0.3, -0.25) is 18.9 Å². The molecular formula is C18H20N4O2S2. The highest BCUT2D eigenvalue weighted by atomic mass is 32.2. The van der Waals surface area contributed by atoms with Gasteiger partial charge >= 0.3 is 0 Å². The van der Waals surface area contributed by atoms with Crippen LogP contribution >= 0.6 is 24.0 Å². The first-order valence-corrected chi connectivity index (χ1v) is 9.65. The van der Waals surface area contributed by atoms with Crippen molar-refractivity contribution in [3.8, 4) is 0 Å². The minimum absolute atomic E-state index is 0.159. The number of anilines is 1. The maximum atomic E-state index is 12.9. The molecule has 26 heavy (non-hydrogen) atoms. The lowest BCUT2D eigenvalue weighted by atomic mass is 10.2. The Labute approximate surface area is 161 Å². The Kier molecular flexibility index (Phi) is 5.43. The summed E-state index contributed by atoms with van der Waals surface area (Å²) >= 11 is 6.56. The minimum atomic E-state index is -0.222. The van der Waals surface area contributed by atoms with Crippen molar-refractivity contribution in [3.05, 3.63) is 45.2 Å². The van der Waals surface area contributed by atoms with Crippen LogP contribution in [-0.2, 0) is 4.79 Å². The lowest BCUT2D eigenvalue weighted by Crippen LogP contribution is -2.31. The van der Waals surface area contributed by atoms with Crippen LogP contribution in [0.2, 0.25) is 0 Å². The number of pyridine rings is 1. The highest BCUT2D eigenvalue weighted by Crippen LogP contribution is 2.33. The number of nitrogens with zero attached hydrogens (tertiary/aromatic N) is 3. The number of amides is 1. The van der Waals surface area contributed by atoms with Crippen LogP contribution in [0.15, 0.2) is 34.1 Å². The topological polar surface area (TPSA) is 66.7 Å². The van der Waals surface area contributed by atoms with E-state index in [1.54, 1.807) is 29.3 Å². The molecule has 3 heterocycles. The number of rotatable bonds is 5. The molecule has 2 aromatic heterocycles. The van der Waals surface area contributed by atoms with Gasteiger partial charge in [0.1, 0.15) is 15.8 Å². The Balaban J connectivity index is 2.10. The summed E-state index contributed by atoms with van der Waals surface area (Å²) in [5, 5.41) is 3.12. The Bertz CT molecular complexity index is 965. The Morgan fingerprint density at radius 3 is 2.81 bits per heavy atom. The van der Waals surface area contributed by atoms with Crippen molar-refractivity contribution in [3.63, 3.8) is 0 Å². The summed E-state index contributed by atoms with van der Waals surface area (Å²) in [6, 6.07) is 5.37. The summed E-state index contributed by atoms with van der Waals surface area (Å²) in [5.41, 5.74) is 0.694. The van der Waals surface area contributed by atoms with Crippen LogP contribution in [0.3, 0.4) is 0 Å². The number of nitrogens with one attached hydrogen (secondary N) is 1. The maximum Gasteiger partial charge on any atom is 0.267 e. The van der Waals surface area contributed by atoms with Crippen LogP contribution in [0.5, 0.6) is 0 Å². The van der Waals surface area contributed by atoms with Crippen molar-refractivity contribution in [1.29, 1.82) is 0 Å². The van der Waals surface area contributed by atoms with Gasteiger partial charge in [0.25, 0.3) is 11.5 Å². The molecule has 0 bridgehead atoms. The summed E-state index contributed by atoms with van der Waals surface area (Å²) in [4.78, 5) is 32.2. The van der Waals surface area contributed by atoms with Gasteiger partial charge < -0.3 is 5.32 Å². The van der Waals surface area contributed by atoms with Crippen molar-refractivity contribution in [2.45, 2.75) is 20.8 Å². The number of thiocarbonyl (C=S) groups is 1. The Morgan fingerprint density at radius 1 is 1.35 bits per heavy atom.